The molecule has 106 valence electrons. The number of aliphatic hydroxyl groups excluding tert-OH is 1. The van der Waals surface area contributed by atoms with Crippen LogP contribution >= 0.6 is 0 Å². The van der Waals surface area contributed by atoms with Crippen LogP contribution in [0.15, 0.2) is 24.3 Å². The van der Waals surface area contributed by atoms with E-state index in [9.17, 15) is 5.11 Å². The van der Waals surface area contributed by atoms with Gasteiger partial charge in [0.25, 0.3) is 0 Å². The first-order valence-corrected chi connectivity index (χ1v) is 7.63. The molecule has 1 unspecified atom stereocenters. The summed E-state index contributed by atoms with van der Waals surface area (Å²) in [6.07, 6.45) is 4.84. The van der Waals surface area contributed by atoms with E-state index in [2.05, 4.69) is 30.9 Å². The number of benzene rings is 1. The Hall–Kier alpha value is -1.02. The smallest absolute Gasteiger partial charge is 0.0761 e. The van der Waals surface area contributed by atoms with Crippen LogP contribution in [-0.2, 0) is 0 Å². The molecule has 2 rings (SSSR count). The first-order chi connectivity index (χ1) is 9.10. The van der Waals surface area contributed by atoms with Gasteiger partial charge < -0.3 is 10.0 Å². The fourth-order valence-corrected chi connectivity index (χ4v) is 3.16. The van der Waals surface area contributed by atoms with E-state index in [1.807, 2.05) is 19.1 Å². The van der Waals surface area contributed by atoms with E-state index in [1.54, 1.807) is 0 Å². The highest BCUT2D eigenvalue weighted by molar-refractivity contribution is 5.48. The van der Waals surface area contributed by atoms with Crippen LogP contribution in [0.1, 0.15) is 58.1 Å². The van der Waals surface area contributed by atoms with E-state index in [0.717, 1.165) is 18.7 Å². The Morgan fingerprint density at radius 1 is 1.11 bits per heavy atom. The molecule has 1 heterocycles. The summed E-state index contributed by atoms with van der Waals surface area (Å²) >= 11 is 0. The van der Waals surface area contributed by atoms with Crippen molar-refractivity contribution in [3.63, 3.8) is 0 Å². The molecule has 19 heavy (non-hydrogen) atoms. The van der Waals surface area contributed by atoms with E-state index in [1.165, 1.54) is 31.4 Å². The standard InChI is InChI=1S/C17H27NO/c1-4-17(5-2)10-12-18(13-11-17)16-8-6-15(7-9-16)14(3)19/h6-9,14,19H,4-5,10-13H2,1-3H3. The lowest BCUT2D eigenvalue weighted by Gasteiger charge is -2.42. The summed E-state index contributed by atoms with van der Waals surface area (Å²) in [5.41, 5.74) is 2.87. The summed E-state index contributed by atoms with van der Waals surface area (Å²) in [6.45, 7) is 8.80. The molecule has 1 aliphatic rings. The van der Waals surface area contributed by atoms with Crippen molar-refractivity contribution in [1.29, 1.82) is 0 Å². The maximum atomic E-state index is 9.54. The largest absolute Gasteiger partial charge is 0.389 e. The van der Waals surface area contributed by atoms with E-state index in [0.29, 0.717) is 5.41 Å². The molecule has 0 spiro atoms. The summed E-state index contributed by atoms with van der Waals surface area (Å²) < 4.78 is 0. The topological polar surface area (TPSA) is 23.5 Å². The number of piperidine rings is 1. The van der Waals surface area contributed by atoms with Gasteiger partial charge in [0.1, 0.15) is 0 Å². The van der Waals surface area contributed by atoms with Crippen molar-refractivity contribution in [2.75, 3.05) is 18.0 Å². The van der Waals surface area contributed by atoms with E-state index in [4.69, 9.17) is 0 Å². The molecule has 0 bridgehead atoms. The zero-order valence-corrected chi connectivity index (χ0v) is 12.5. The van der Waals surface area contributed by atoms with Gasteiger partial charge in [0.05, 0.1) is 6.10 Å². The van der Waals surface area contributed by atoms with Gasteiger partial charge in [-0.25, -0.2) is 0 Å². The van der Waals surface area contributed by atoms with Gasteiger partial charge >= 0.3 is 0 Å². The number of hydrogen-bond donors (Lipinski definition) is 1. The normalized spacial score (nSPS) is 20.3. The molecule has 2 heteroatoms. The molecule has 1 N–H and O–H groups in total. The van der Waals surface area contributed by atoms with Crippen LogP contribution in [0, 0.1) is 5.41 Å². The molecule has 1 aliphatic heterocycles. The molecule has 0 amide bonds. The number of rotatable bonds is 4. The zero-order valence-electron chi connectivity index (χ0n) is 12.5. The fourth-order valence-electron chi connectivity index (χ4n) is 3.16. The first-order valence-electron chi connectivity index (χ1n) is 7.63. The highest BCUT2D eigenvalue weighted by Crippen LogP contribution is 2.39. The molecule has 1 aromatic carbocycles. The van der Waals surface area contributed by atoms with E-state index >= 15 is 0 Å². The number of hydrogen-bond acceptors (Lipinski definition) is 2. The van der Waals surface area contributed by atoms with Crippen molar-refractivity contribution >= 4 is 5.69 Å². The maximum Gasteiger partial charge on any atom is 0.0761 e. The average molecular weight is 261 g/mol. The molecule has 1 fully saturated rings. The van der Waals surface area contributed by atoms with Crippen molar-refractivity contribution in [2.45, 2.75) is 52.6 Å². The molecule has 1 atom stereocenters. The minimum absolute atomic E-state index is 0.372. The quantitative estimate of drug-likeness (QED) is 0.880. The Kier molecular flexibility index (Phi) is 4.51. The second-order valence-corrected chi connectivity index (χ2v) is 5.96. The van der Waals surface area contributed by atoms with Crippen molar-refractivity contribution in [1.82, 2.24) is 0 Å². The Morgan fingerprint density at radius 3 is 2.05 bits per heavy atom. The summed E-state index contributed by atoms with van der Waals surface area (Å²) in [7, 11) is 0. The first kappa shape index (κ1) is 14.4. The number of anilines is 1. The second kappa shape index (κ2) is 5.96. The highest BCUT2D eigenvalue weighted by atomic mass is 16.3. The van der Waals surface area contributed by atoms with Gasteiger partial charge in [0.15, 0.2) is 0 Å². The molecular weight excluding hydrogens is 234 g/mol. The van der Waals surface area contributed by atoms with Crippen LogP contribution in [-0.4, -0.2) is 18.2 Å². The SMILES string of the molecule is CCC1(CC)CCN(c2ccc(C(C)O)cc2)CC1. The minimum atomic E-state index is -0.372. The van der Waals surface area contributed by atoms with Crippen molar-refractivity contribution in [3.8, 4) is 0 Å². The summed E-state index contributed by atoms with van der Waals surface area (Å²) in [6, 6.07) is 8.38. The van der Waals surface area contributed by atoms with Crippen LogP contribution < -0.4 is 4.90 Å². The van der Waals surface area contributed by atoms with Gasteiger partial charge in [-0.15, -0.1) is 0 Å². The van der Waals surface area contributed by atoms with Crippen LogP contribution in [0.4, 0.5) is 5.69 Å². The second-order valence-electron chi connectivity index (χ2n) is 5.96. The summed E-state index contributed by atoms with van der Waals surface area (Å²) in [5.74, 6) is 0. The van der Waals surface area contributed by atoms with Gasteiger partial charge in [0, 0.05) is 18.8 Å². The predicted molar refractivity (Wildman–Crippen MR) is 81.5 cm³/mol. The maximum absolute atomic E-state index is 9.54. The highest BCUT2D eigenvalue weighted by Gasteiger charge is 2.31. The van der Waals surface area contributed by atoms with Crippen molar-refractivity contribution in [2.24, 2.45) is 5.41 Å². The lowest BCUT2D eigenvalue weighted by Crippen LogP contribution is -2.39. The third kappa shape index (κ3) is 3.11. The molecule has 1 saturated heterocycles. The summed E-state index contributed by atoms with van der Waals surface area (Å²) in [5, 5.41) is 9.54. The lowest BCUT2D eigenvalue weighted by atomic mass is 9.74. The van der Waals surface area contributed by atoms with Crippen LogP contribution in [0.25, 0.3) is 0 Å². The Labute approximate surface area is 117 Å². The molecule has 1 aromatic rings. The van der Waals surface area contributed by atoms with Crippen molar-refractivity contribution < 1.29 is 5.11 Å². The monoisotopic (exact) mass is 261 g/mol. The van der Waals surface area contributed by atoms with Gasteiger partial charge in [-0.05, 0) is 42.9 Å². The van der Waals surface area contributed by atoms with Gasteiger partial charge in [-0.2, -0.15) is 0 Å². The molecule has 0 saturated carbocycles. The third-order valence-corrected chi connectivity index (χ3v) is 5.06. The van der Waals surface area contributed by atoms with Gasteiger partial charge in [0.2, 0.25) is 0 Å². The average Bonchev–Trinajstić information content (AvgIpc) is 2.47. The third-order valence-electron chi connectivity index (χ3n) is 5.06. The zero-order chi connectivity index (χ0) is 13.9. The molecular formula is C17H27NO. The van der Waals surface area contributed by atoms with E-state index in [-0.39, 0.29) is 6.10 Å². The molecule has 2 nitrogen and oxygen atoms in total. The lowest BCUT2D eigenvalue weighted by molar-refractivity contribution is 0.198. The molecule has 0 aliphatic carbocycles. The predicted octanol–water partition coefficient (Wildman–Crippen LogP) is 4.15. The van der Waals surface area contributed by atoms with Crippen molar-refractivity contribution in [3.05, 3.63) is 29.8 Å². The Morgan fingerprint density at radius 2 is 1.63 bits per heavy atom. The Bertz CT molecular complexity index is 382. The number of nitrogens with zero attached hydrogens (tertiary/aromatic N) is 1. The number of aliphatic hydroxyl groups is 1. The van der Waals surface area contributed by atoms with Gasteiger partial charge in [-0.1, -0.05) is 38.8 Å². The van der Waals surface area contributed by atoms with Crippen LogP contribution in [0.5, 0.6) is 0 Å². The summed E-state index contributed by atoms with van der Waals surface area (Å²) in [4.78, 5) is 2.48. The van der Waals surface area contributed by atoms with Crippen LogP contribution in [0.2, 0.25) is 0 Å². The van der Waals surface area contributed by atoms with Gasteiger partial charge in [-0.3, -0.25) is 0 Å². The van der Waals surface area contributed by atoms with E-state index < -0.39 is 0 Å². The molecule has 0 aromatic heterocycles. The minimum Gasteiger partial charge on any atom is -0.389 e. The van der Waals surface area contributed by atoms with Crippen LogP contribution in [0.3, 0.4) is 0 Å². The fraction of sp³-hybridized carbons (Fsp3) is 0.647. The Balaban J connectivity index is 2.01. The molecule has 0 radical (unpaired) electrons.